The zero-order valence-corrected chi connectivity index (χ0v) is 16.0. The van der Waals surface area contributed by atoms with Crippen LogP contribution in [0.1, 0.15) is 36.2 Å². The summed E-state index contributed by atoms with van der Waals surface area (Å²) in [7, 11) is 0. The van der Waals surface area contributed by atoms with Crippen molar-refractivity contribution >= 4 is 5.91 Å². The predicted octanol–water partition coefficient (Wildman–Crippen LogP) is 4.21. The van der Waals surface area contributed by atoms with Crippen LogP contribution in [0.25, 0.3) is 11.3 Å². The van der Waals surface area contributed by atoms with Crippen LogP contribution >= 0.6 is 0 Å². The van der Waals surface area contributed by atoms with Gasteiger partial charge < -0.3 is 10.0 Å². The van der Waals surface area contributed by atoms with E-state index in [1.54, 1.807) is 12.1 Å². The third kappa shape index (κ3) is 2.50. The Kier molecular flexibility index (Phi) is 3.59. The fraction of sp³-hybridized carbons (Fsp3) is 0.500. The molecule has 4 heteroatoms. The number of carbonyl (C=O) groups is 1. The highest BCUT2D eigenvalue weighted by Crippen LogP contribution is 2.65. The van der Waals surface area contributed by atoms with E-state index in [9.17, 15) is 9.90 Å². The van der Waals surface area contributed by atoms with E-state index >= 15 is 0 Å². The van der Waals surface area contributed by atoms with E-state index in [1.165, 1.54) is 25.7 Å². The van der Waals surface area contributed by atoms with Crippen LogP contribution in [0.3, 0.4) is 0 Å². The molecule has 1 amide bonds. The molecule has 28 heavy (non-hydrogen) atoms. The maximum absolute atomic E-state index is 13.3. The van der Waals surface area contributed by atoms with Crippen LogP contribution in [0.2, 0.25) is 0 Å². The van der Waals surface area contributed by atoms with Gasteiger partial charge in [0, 0.05) is 18.7 Å². The van der Waals surface area contributed by atoms with Gasteiger partial charge >= 0.3 is 0 Å². The van der Waals surface area contributed by atoms with Gasteiger partial charge in [0.05, 0.1) is 5.69 Å². The summed E-state index contributed by atoms with van der Waals surface area (Å²) in [5, 5.41) is 9.50. The third-order valence-electron chi connectivity index (χ3n) is 8.00. The van der Waals surface area contributed by atoms with Gasteiger partial charge in [-0.2, -0.15) is 0 Å². The highest BCUT2D eigenvalue weighted by atomic mass is 16.3. The zero-order chi connectivity index (χ0) is 18.8. The molecule has 6 atom stereocenters. The Morgan fingerprint density at radius 2 is 1.57 bits per heavy atom. The van der Waals surface area contributed by atoms with Crippen molar-refractivity contribution in [3.05, 3.63) is 48.2 Å². The molecule has 7 rings (SSSR count). The van der Waals surface area contributed by atoms with Crippen molar-refractivity contribution < 1.29 is 9.90 Å². The Morgan fingerprint density at radius 1 is 0.893 bits per heavy atom. The van der Waals surface area contributed by atoms with E-state index in [-0.39, 0.29) is 11.7 Å². The van der Waals surface area contributed by atoms with Gasteiger partial charge in [-0.3, -0.25) is 4.79 Å². The third-order valence-corrected chi connectivity index (χ3v) is 8.00. The van der Waals surface area contributed by atoms with E-state index in [4.69, 9.17) is 0 Å². The monoisotopic (exact) mass is 374 g/mol. The molecule has 0 radical (unpaired) electrons. The first-order valence-corrected chi connectivity index (χ1v) is 10.7. The van der Waals surface area contributed by atoms with Crippen molar-refractivity contribution in [3.8, 4) is 17.0 Å². The first kappa shape index (κ1) is 16.6. The lowest BCUT2D eigenvalue weighted by atomic mass is 9.69. The normalized spacial score (nSPS) is 35.2. The number of phenolic OH excluding ortho intramolecular Hbond substituents is 1. The second kappa shape index (κ2) is 6.07. The summed E-state index contributed by atoms with van der Waals surface area (Å²) in [4.78, 5) is 20.0. The van der Waals surface area contributed by atoms with E-state index in [0.717, 1.165) is 59.9 Å². The quantitative estimate of drug-likeness (QED) is 0.857. The molecular formula is C24H26N2O2. The molecule has 1 N–H and O–H groups in total. The number of hydrogen-bond donors (Lipinski definition) is 1. The number of carbonyl (C=O) groups excluding carboxylic acids is 1. The molecule has 4 aliphatic carbocycles. The Morgan fingerprint density at radius 3 is 2.25 bits per heavy atom. The second-order valence-electron chi connectivity index (χ2n) is 9.31. The number of fused-ring (bicyclic) bond motifs is 2. The highest BCUT2D eigenvalue weighted by Gasteiger charge is 2.61. The van der Waals surface area contributed by atoms with Gasteiger partial charge in [0.1, 0.15) is 11.4 Å². The van der Waals surface area contributed by atoms with Gasteiger partial charge in [0.15, 0.2) is 0 Å². The van der Waals surface area contributed by atoms with Gasteiger partial charge in [0.2, 0.25) is 0 Å². The SMILES string of the molecule is O=C(c1cccc(-c2ccc(O)cc2)n1)N1CC2C3CCCC(C4CC34)C2C1. The number of benzene rings is 1. The van der Waals surface area contributed by atoms with E-state index < -0.39 is 0 Å². The summed E-state index contributed by atoms with van der Waals surface area (Å²) >= 11 is 0. The van der Waals surface area contributed by atoms with Crippen LogP contribution in [0.15, 0.2) is 42.5 Å². The molecule has 144 valence electrons. The van der Waals surface area contributed by atoms with Gasteiger partial charge in [0.25, 0.3) is 5.91 Å². The van der Waals surface area contributed by atoms with Crippen LogP contribution in [0.5, 0.6) is 5.75 Å². The molecule has 2 bridgehead atoms. The summed E-state index contributed by atoms with van der Waals surface area (Å²) in [6, 6.07) is 12.7. The van der Waals surface area contributed by atoms with Crippen molar-refractivity contribution in [1.82, 2.24) is 9.88 Å². The molecule has 1 saturated heterocycles. The van der Waals surface area contributed by atoms with E-state index in [1.807, 2.05) is 30.3 Å². The van der Waals surface area contributed by atoms with Gasteiger partial charge in [-0.1, -0.05) is 12.5 Å². The van der Waals surface area contributed by atoms with Crippen LogP contribution in [-0.2, 0) is 0 Å². The molecule has 5 aliphatic rings. The Bertz CT molecular complexity index is 900. The number of hydrogen-bond acceptors (Lipinski definition) is 3. The summed E-state index contributed by atoms with van der Waals surface area (Å²) in [6.07, 6.45) is 5.64. The van der Waals surface area contributed by atoms with Gasteiger partial charge in [-0.25, -0.2) is 4.98 Å². The maximum Gasteiger partial charge on any atom is 0.272 e. The number of likely N-dealkylation sites (tertiary alicyclic amines) is 1. The fourth-order valence-corrected chi connectivity index (χ4v) is 6.74. The molecule has 2 aromatic rings. The topological polar surface area (TPSA) is 53.4 Å². The standard InChI is InChI=1S/C24H26N2O2/c27-15-9-7-14(8-10-15)22-5-2-6-23(25-22)24(28)26-12-20-16-3-1-4-17(21(20)13-26)19-11-18(16)19/h2,5-10,16-21,27H,1,3-4,11-13H2. The Hall–Kier alpha value is -2.36. The average Bonchev–Trinajstić information content (AvgIpc) is 3.45. The Balaban J connectivity index is 1.25. The number of aromatic hydroxyl groups is 1. The first-order chi connectivity index (χ1) is 13.7. The lowest BCUT2D eigenvalue weighted by molar-refractivity contribution is 0.0772. The lowest BCUT2D eigenvalue weighted by Gasteiger charge is -2.34. The van der Waals surface area contributed by atoms with Crippen molar-refractivity contribution in [2.75, 3.05) is 13.1 Å². The predicted molar refractivity (Wildman–Crippen MR) is 107 cm³/mol. The summed E-state index contributed by atoms with van der Waals surface area (Å²) in [5.41, 5.74) is 2.23. The van der Waals surface area contributed by atoms with Crippen LogP contribution in [0, 0.1) is 35.5 Å². The Labute approximate surface area is 165 Å². The molecule has 2 heterocycles. The van der Waals surface area contributed by atoms with Gasteiger partial charge in [-0.15, -0.1) is 0 Å². The van der Waals surface area contributed by atoms with Crippen LogP contribution < -0.4 is 0 Å². The molecule has 1 aromatic heterocycles. The molecule has 6 unspecified atom stereocenters. The minimum absolute atomic E-state index is 0.0850. The molecule has 1 aliphatic heterocycles. The van der Waals surface area contributed by atoms with Crippen LogP contribution in [-0.4, -0.2) is 34.0 Å². The number of phenols is 1. The number of pyridine rings is 1. The maximum atomic E-state index is 13.3. The minimum Gasteiger partial charge on any atom is -0.508 e. The molecule has 5 fully saturated rings. The average molecular weight is 374 g/mol. The molecular weight excluding hydrogens is 348 g/mol. The van der Waals surface area contributed by atoms with E-state index in [2.05, 4.69) is 9.88 Å². The fourth-order valence-electron chi connectivity index (χ4n) is 6.74. The largest absolute Gasteiger partial charge is 0.508 e. The molecule has 4 saturated carbocycles. The number of nitrogens with zero attached hydrogens (tertiary/aromatic N) is 2. The number of rotatable bonds is 2. The van der Waals surface area contributed by atoms with Crippen molar-refractivity contribution in [2.24, 2.45) is 35.5 Å². The van der Waals surface area contributed by atoms with E-state index in [0.29, 0.717) is 5.69 Å². The zero-order valence-electron chi connectivity index (χ0n) is 16.0. The molecule has 4 nitrogen and oxygen atoms in total. The van der Waals surface area contributed by atoms with Gasteiger partial charge in [-0.05, 0) is 91.2 Å². The summed E-state index contributed by atoms with van der Waals surface area (Å²) in [6.45, 7) is 1.86. The highest BCUT2D eigenvalue weighted by molar-refractivity contribution is 5.93. The second-order valence-corrected chi connectivity index (χ2v) is 9.31. The van der Waals surface area contributed by atoms with Crippen molar-refractivity contribution in [3.63, 3.8) is 0 Å². The van der Waals surface area contributed by atoms with Crippen molar-refractivity contribution in [2.45, 2.75) is 25.7 Å². The van der Waals surface area contributed by atoms with Crippen LogP contribution in [0.4, 0.5) is 0 Å². The molecule has 0 spiro atoms. The molecule has 1 aromatic carbocycles. The number of aromatic nitrogens is 1. The first-order valence-electron chi connectivity index (χ1n) is 10.7. The summed E-state index contributed by atoms with van der Waals surface area (Å²) in [5.74, 6) is 5.44. The van der Waals surface area contributed by atoms with Crippen molar-refractivity contribution in [1.29, 1.82) is 0 Å². The summed E-state index contributed by atoms with van der Waals surface area (Å²) < 4.78 is 0. The number of amides is 1. The smallest absolute Gasteiger partial charge is 0.272 e. The minimum atomic E-state index is 0.0850. The lowest BCUT2D eigenvalue weighted by Crippen LogP contribution is -2.33.